The summed E-state index contributed by atoms with van der Waals surface area (Å²) in [5.41, 5.74) is 1.53. The number of hydrogen-bond donors (Lipinski definition) is 1. The molecule has 0 spiro atoms. The fourth-order valence-corrected chi connectivity index (χ4v) is 2.15. The lowest BCUT2D eigenvalue weighted by Gasteiger charge is -2.06. The van der Waals surface area contributed by atoms with Gasteiger partial charge in [0, 0.05) is 30.1 Å². The van der Waals surface area contributed by atoms with Crippen molar-refractivity contribution < 1.29 is 19.1 Å². The van der Waals surface area contributed by atoms with Gasteiger partial charge in [-0.3, -0.25) is 14.3 Å². The Kier molecular flexibility index (Phi) is 6.30. The molecule has 2 aromatic rings. The van der Waals surface area contributed by atoms with E-state index in [1.807, 2.05) is 12.1 Å². The van der Waals surface area contributed by atoms with Gasteiger partial charge < -0.3 is 14.8 Å². The van der Waals surface area contributed by atoms with Crippen LogP contribution in [0.5, 0.6) is 0 Å². The monoisotopic (exact) mass is 363 g/mol. The molecule has 0 bridgehead atoms. The van der Waals surface area contributed by atoms with Crippen LogP contribution in [0.4, 0.5) is 5.82 Å². The molecule has 1 aromatic heterocycles. The van der Waals surface area contributed by atoms with Gasteiger partial charge in [0.2, 0.25) is 0 Å². The number of carbonyl (C=O) groups is 3. The quantitative estimate of drug-likeness (QED) is 0.763. The predicted octanol–water partition coefficient (Wildman–Crippen LogP) is 2.59. The largest absolute Gasteiger partial charge is 0.456 e. The lowest BCUT2D eigenvalue weighted by Crippen LogP contribution is -2.22. The van der Waals surface area contributed by atoms with Crippen molar-refractivity contribution >= 4 is 35.1 Å². The van der Waals surface area contributed by atoms with Gasteiger partial charge >= 0.3 is 5.97 Å². The first kappa shape index (κ1) is 18.7. The highest BCUT2D eigenvalue weighted by atomic mass is 35.5. The molecule has 8 heteroatoms. The number of ether oxygens (including phenoxy) is 1. The Morgan fingerprint density at radius 3 is 2.52 bits per heavy atom. The number of nitrogens with zero attached hydrogens (tertiary/aromatic N) is 2. The number of nitrogens with one attached hydrogen (secondary N) is 1. The molecule has 0 aliphatic rings. The minimum absolute atomic E-state index is 0.0327. The Morgan fingerprint density at radius 2 is 1.88 bits per heavy atom. The summed E-state index contributed by atoms with van der Waals surface area (Å²) >= 11 is 5.86. The minimum Gasteiger partial charge on any atom is -0.456 e. The van der Waals surface area contributed by atoms with Crippen molar-refractivity contribution in [3.8, 4) is 11.3 Å². The van der Waals surface area contributed by atoms with E-state index in [0.717, 1.165) is 5.56 Å². The smallest absolute Gasteiger partial charge is 0.306 e. The van der Waals surface area contributed by atoms with E-state index in [4.69, 9.17) is 16.3 Å². The van der Waals surface area contributed by atoms with Crippen molar-refractivity contribution in [3.05, 3.63) is 35.4 Å². The second kappa shape index (κ2) is 8.43. The number of aromatic nitrogens is 2. The number of halogens is 1. The van der Waals surface area contributed by atoms with Gasteiger partial charge in [-0.2, -0.15) is 5.10 Å². The van der Waals surface area contributed by atoms with Gasteiger partial charge in [-0.25, -0.2) is 0 Å². The molecule has 1 N–H and O–H groups in total. The molecule has 0 aliphatic heterocycles. The summed E-state index contributed by atoms with van der Waals surface area (Å²) in [6.07, 6.45) is 0.0711. The van der Waals surface area contributed by atoms with Crippen molar-refractivity contribution in [1.29, 1.82) is 0 Å². The first-order valence-electron chi connectivity index (χ1n) is 7.60. The average Bonchev–Trinajstić information content (AvgIpc) is 2.92. The summed E-state index contributed by atoms with van der Waals surface area (Å²) in [7, 11) is 1.69. The van der Waals surface area contributed by atoms with Crippen LogP contribution in [0, 0.1) is 0 Å². The van der Waals surface area contributed by atoms with Crippen molar-refractivity contribution in [2.75, 3.05) is 11.9 Å². The molecule has 132 valence electrons. The van der Waals surface area contributed by atoms with Gasteiger partial charge in [-0.15, -0.1) is 0 Å². The molecule has 7 nitrogen and oxygen atoms in total. The normalized spacial score (nSPS) is 10.4. The third-order valence-corrected chi connectivity index (χ3v) is 3.58. The van der Waals surface area contributed by atoms with Gasteiger partial charge in [-0.1, -0.05) is 23.7 Å². The number of Topliss-reactive ketones (excluding diaryl/α,β-unsaturated/α-hetero) is 1. The molecule has 0 atom stereocenters. The van der Waals surface area contributed by atoms with Crippen molar-refractivity contribution in [3.63, 3.8) is 0 Å². The van der Waals surface area contributed by atoms with E-state index < -0.39 is 18.5 Å². The van der Waals surface area contributed by atoms with Crippen LogP contribution in [0.1, 0.15) is 19.8 Å². The molecule has 1 aromatic carbocycles. The Labute approximate surface area is 149 Å². The first-order chi connectivity index (χ1) is 11.8. The molecule has 1 amide bonds. The molecular formula is C17H18ClN3O4. The molecule has 0 unspecified atom stereocenters. The van der Waals surface area contributed by atoms with Crippen LogP contribution in [-0.4, -0.2) is 34.0 Å². The predicted molar refractivity (Wildman–Crippen MR) is 93.2 cm³/mol. The summed E-state index contributed by atoms with van der Waals surface area (Å²) in [5, 5.41) is 7.57. The SMILES string of the molecule is CC(=O)CCC(=O)OCC(=O)Nc1cc(-c2ccc(Cl)cc2)nn1C. The highest BCUT2D eigenvalue weighted by Gasteiger charge is 2.12. The zero-order chi connectivity index (χ0) is 18.4. The van der Waals surface area contributed by atoms with E-state index in [1.165, 1.54) is 11.6 Å². The van der Waals surface area contributed by atoms with Gasteiger partial charge in [0.15, 0.2) is 6.61 Å². The van der Waals surface area contributed by atoms with Crippen LogP contribution < -0.4 is 5.32 Å². The summed E-state index contributed by atoms with van der Waals surface area (Å²) in [6.45, 7) is 0.971. The van der Waals surface area contributed by atoms with E-state index in [-0.39, 0.29) is 18.6 Å². The standard InChI is InChI=1S/C17H18ClN3O4/c1-11(22)3-8-17(24)25-10-16(23)19-15-9-14(20-21(15)2)12-4-6-13(18)7-5-12/h4-7,9H,3,8,10H2,1-2H3,(H,19,23). The van der Waals surface area contributed by atoms with Crippen molar-refractivity contribution in [1.82, 2.24) is 9.78 Å². The summed E-state index contributed by atoms with van der Waals surface area (Å²) in [6, 6.07) is 8.87. The number of amides is 1. The minimum atomic E-state index is -0.586. The Bertz CT molecular complexity index is 784. The number of carbonyl (C=O) groups excluding carboxylic acids is 3. The van der Waals surface area contributed by atoms with E-state index in [9.17, 15) is 14.4 Å². The maximum Gasteiger partial charge on any atom is 0.306 e. The molecule has 0 saturated carbocycles. The number of rotatable bonds is 7. The summed E-state index contributed by atoms with van der Waals surface area (Å²) < 4.78 is 6.34. The highest BCUT2D eigenvalue weighted by molar-refractivity contribution is 6.30. The molecule has 25 heavy (non-hydrogen) atoms. The third-order valence-electron chi connectivity index (χ3n) is 3.33. The maximum absolute atomic E-state index is 11.9. The fourth-order valence-electron chi connectivity index (χ4n) is 2.02. The molecule has 0 fully saturated rings. The van der Waals surface area contributed by atoms with Crippen LogP contribution in [0.2, 0.25) is 5.02 Å². The highest BCUT2D eigenvalue weighted by Crippen LogP contribution is 2.23. The Balaban J connectivity index is 1.92. The molecule has 0 radical (unpaired) electrons. The first-order valence-corrected chi connectivity index (χ1v) is 7.98. The van der Waals surface area contributed by atoms with Crippen LogP contribution in [0.3, 0.4) is 0 Å². The topological polar surface area (TPSA) is 90.3 Å². The lowest BCUT2D eigenvalue weighted by molar-refractivity contribution is -0.148. The van der Waals surface area contributed by atoms with Crippen LogP contribution in [0.25, 0.3) is 11.3 Å². The Hall–Kier alpha value is -2.67. The van der Waals surface area contributed by atoms with Crippen molar-refractivity contribution in [2.45, 2.75) is 19.8 Å². The Morgan fingerprint density at radius 1 is 1.20 bits per heavy atom. The number of esters is 1. The molecule has 0 aliphatic carbocycles. The summed E-state index contributed by atoms with van der Waals surface area (Å²) in [5.74, 6) is -0.709. The van der Waals surface area contributed by atoms with Crippen molar-refractivity contribution in [2.24, 2.45) is 7.05 Å². The van der Waals surface area contributed by atoms with Gasteiger partial charge in [-0.05, 0) is 19.1 Å². The second-order valence-corrected chi connectivity index (χ2v) is 5.89. The van der Waals surface area contributed by atoms with Crippen LogP contribution in [-0.2, 0) is 26.2 Å². The fraction of sp³-hybridized carbons (Fsp3) is 0.294. The zero-order valence-electron chi connectivity index (χ0n) is 13.9. The van der Waals surface area contributed by atoms with Gasteiger partial charge in [0.1, 0.15) is 11.6 Å². The third kappa shape index (κ3) is 5.72. The van der Waals surface area contributed by atoms with Gasteiger partial charge in [0.25, 0.3) is 5.91 Å². The molecule has 1 heterocycles. The van der Waals surface area contributed by atoms with E-state index in [1.54, 1.807) is 25.2 Å². The number of benzene rings is 1. The number of aryl methyl sites for hydroxylation is 1. The summed E-state index contributed by atoms with van der Waals surface area (Å²) in [4.78, 5) is 34.1. The lowest BCUT2D eigenvalue weighted by atomic mass is 10.1. The van der Waals surface area contributed by atoms with E-state index >= 15 is 0 Å². The van der Waals surface area contributed by atoms with Gasteiger partial charge in [0.05, 0.1) is 12.1 Å². The van der Waals surface area contributed by atoms with Crippen LogP contribution >= 0.6 is 11.6 Å². The van der Waals surface area contributed by atoms with Crippen LogP contribution in [0.15, 0.2) is 30.3 Å². The van der Waals surface area contributed by atoms with E-state index in [2.05, 4.69) is 10.4 Å². The molecular weight excluding hydrogens is 346 g/mol. The maximum atomic E-state index is 11.9. The molecule has 0 saturated heterocycles. The number of anilines is 1. The number of ketones is 1. The number of hydrogen-bond acceptors (Lipinski definition) is 5. The van der Waals surface area contributed by atoms with E-state index in [0.29, 0.717) is 16.5 Å². The zero-order valence-corrected chi connectivity index (χ0v) is 14.7. The molecule has 2 rings (SSSR count). The second-order valence-electron chi connectivity index (χ2n) is 5.46. The average molecular weight is 364 g/mol.